The number of nitrogens with one attached hydrogen (secondary N) is 1. The van der Waals surface area contributed by atoms with Gasteiger partial charge in [0.1, 0.15) is 0 Å². The molecule has 2 N–H and O–H groups in total. The van der Waals surface area contributed by atoms with Crippen LogP contribution in [0.5, 0.6) is 0 Å². The normalized spacial score (nSPS) is 29.1. The van der Waals surface area contributed by atoms with Crippen molar-refractivity contribution < 1.29 is 5.11 Å². The fourth-order valence-electron chi connectivity index (χ4n) is 4.34. The maximum Gasteiger partial charge on any atom is 0.0558 e. The minimum absolute atomic E-state index is 0.289. The smallest absolute Gasteiger partial charge is 0.0558 e. The number of aliphatic hydroxyl groups excluding tert-OH is 1. The SMILES string of the molecule is CC(C)(C)CC1CC(NCC2CCCC2)CN(CCO)C1. The molecule has 0 aromatic carbocycles. The van der Waals surface area contributed by atoms with Crippen LogP contribution < -0.4 is 5.32 Å². The van der Waals surface area contributed by atoms with Crippen LogP contribution in [0.2, 0.25) is 0 Å². The van der Waals surface area contributed by atoms with Gasteiger partial charge in [0.15, 0.2) is 0 Å². The van der Waals surface area contributed by atoms with E-state index >= 15 is 0 Å². The summed E-state index contributed by atoms with van der Waals surface area (Å²) in [6, 6.07) is 0.623. The van der Waals surface area contributed by atoms with E-state index in [1.54, 1.807) is 0 Å². The largest absolute Gasteiger partial charge is 0.395 e. The number of piperidine rings is 1. The monoisotopic (exact) mass is 296 g/mol. The topological polar surface area (TPSA) is 35.5 Å². The number of hydrogen-bond acceptors (Lipinski definition) is 3. The lowest BCUT2D eigenvalue weighted by atomic mass is 9.80. The van der Waals surface area contributed by atoms with Crippen LogP contribution in [0, 0.1) is 17.3 Å². The van der Waals surface area contributed by atoms with Crippen LogP contribution in [0.4, 0.5) is 0 Å². The summed E-state index contributed by atoms with van der Waals surface area (Å²) in [5, 5.41) is 13.1. The highest BCUT2D eigenvalue weighted by Gasteiger charge is 2.30. The molecule has 2 aliphatic rings. The molecule has 1 aliphatic carbocycles. The van der Waals surface area contributed by atoms with E-state index in [2.05, 4.69) is 31.0 Å². The van der Waals surface area contributed by atoms with Crippen LogP contribution in [0.3, 0.4) is 0 Å². The van der Waals surface area contributed by atoms with Crippen LogP contribution >= 0.6 is 0 Å². The van der Waals surface area contributed by atoms with Crippen LogP contribution in [0.1, 0.15) is 59.3 Å². The maximum atomic E-state index is 9.26. The van der Waals surface area contributed by atoms with E-state index in [1.165, 1.54) is 51.6 Å². The zero-order chi connectivity index (χ0) is 15.3. The molecule has 0 amide bonds. The number of likely N-dealkylation sites (tertiary alicyclic amines) is 1. The van der Waals surface area contributed by atoms with Gasteiger partial charge >= 0.3 is 0 Å². The summed E-state index contributed by atoms with van der Waals surface area (Å²) in [7, 11) is 0. The van der Waals surface area contributed by atoms with Crippen LogP contribution in [0.15, 0.2) is 0 Å². The summed E-state index contributed by atoms with van der Waals surface area (Å²) in [5.41, 5.74) is 0.406. The fourth-order valence-corrected chi connectivity index (χ4v) is 4.34. The lowest BCUT2D eigenvalue weighted by Crippen LogP contribution is -2.51. The Kier molecular flexibility index (Phi) is 6.51. The van der Waals surface area contributed by atoms with Crippen molar-refractivity contribution in [3.8, 4) is 0 Å². The maximum absolute atomic E-state index is 9.26. The third-order valence-corrected chi connectivity index (χ3v) is 5.10. The summed E-state index contributed by atoms with van der Waals surface area (Å²) in [4.78, 5) is 2.46. The molecule has 2 fully saturated rings. The summed E-state index contributed by atoms with van der Waals surface area (Å²) in [5.74, 6) is 1.69. The van der Waals surface area contributed by atoms with E-state index in [0.29, 0.717) is 11.5 Å². The average molecular weight is 296 g/mol. The Hall–Kier alpha value is -0.120. The molecule has 2 atom stereocenters. The minimum atomic E-state index is 0.289. The Morgan fingerprint density at radius 2 is 1.81 bits per heavy atom. The molecule has 2 unspecified atom stereocenters. The van der Waals surface area contributed by atoms with Gasteiger partial charge in [0.25, 0.3) is 0 Å². The van der Waals surface area contributed by atoms with Crippen molar-refractivity contribution in [2.75, 3.05) is 32.8 Å². The molecule has 21 heavy (non-hydrogen) atoms. The van der Waals surface area contributed by atoms with Gasteiger partial charge in [-0.25, -0.2) is 0 Å². The van der Waals surface area contributed by atoms with Gasteiger partial charge in [-0.05, 0) is 49.5 Å². The first-order chi connectivity index (χ1) is 9.96. The number of β-amino-alcohol motifs (C(OH)–C–C–N with tert-alkyl or cyclic N) is 1. The Labute approximate surface area is 131 Å². The van der Waals surface area contributed by atoms with Gasteiger partial charge in [-0.15, -0.1) is 0 Å². The highest BCUT2D eigenvalue weighted by molar-refractivity contribution is 4.86. The van der Waals surface area contributed by atoms with Crippen molar-refractivity contribution in [1.29, 1.82) is 0 Å². The molecule has 0 spiro atoms. The number of rotatable bonds is 6. The molecule has 3 heteroatoms. The van der Waals surface area contributed by atoms with E-state index in [1.807, 2.05) is 0 Å². The molecule has 0 aromatic rings. The number of nitrogens with zero attached hydrogens (tertiary/aromatic N) is 1. The summed E-state index contributed by atoms with van der Waals surface area (Å²) in [6.45, 7) is 11.7. The quantitative estimate of drug-likeness (QED) is 0.791. The molecule has 1 saturated carbocycles. The highest BCUT2D eigenvalue weighted by atomic mass is 16.3. The second-order valence-electron chi connectivity index (χ2n) is 8.61. The van der Waals surface area contributed by atoms with Crippen LogP contribution in [-0.2, 0) is 0 Å². The zero-order valence-electron chi connectivity index (χ0n) is 14.4. The summed E-state index contributed by atoms with van der Waals surface area (Å²) in [6.07, 6.45) is 8.31. The molecule has 1 saturated heterocycles. The summed E-state index contributed by atoms with van der Waals surface area (Å²) >= 11 is 0. The molecule has 0 aromatic heterocycles. The molecular formula is C18H36N2O. The molecule has 1 heterocycles. The Morgan fingerprint density at radius 3 is 2.43 bits per heavy atom. The van der Waals surface area contributed by atoms with E-state index in [0.717, 1.165) is 24.9 Å². The third-order valence-electron chi connectivity index (χ3n) is 5.10. The van der Waals surface area contributed by atoms with Crippen molar-refractivity contribution in [2.45, 2.75) is 65.3 Å². The number of aliphatic hydroxyl groups is 1. The van der Waals surface area contributed by atoms with E-state index in [4.69, 9.17) is 0 Å². The molecule has 124 valence electrons. The lowest BCUT2D eigenvalue weighted by Gasteiger charge is -2.40. The first kappa shape index (κ1) is 17.2. The lowest BCUT2D eigenvalue weighted by molar-refractivity contribution is 0.0948. The Bertz CT molecular complexity index is 294. The average Bonchev–Trinajstić information content (AvgIpc) is 2.87. The van der Waals surface area contributed by atoms with Crippen molar-refractivity contribution in [1.82, 2.24) is 10.2 Å². The molecule has 0 bridgehead atoms. The van der Waals surface area contributed by atoms with E-state index in [-0.39, 0.29) is 6.61 Å². The van der Waals surface area contributed by atoms with Crippen molar-refractivity contribution >= 4 is 0 Å². The van der Waals surface area contributed by atoms with Crippen LogP contribution in [-0.4, -0.2) is 48.8 Å². The van der Waals surface area contributed by atoms with Gasteiger partial charge in [-0.2, -0.15) is 0 Å². The minimum Gasteiger partial charge on any atom is -0.395 e. The Morgan fingerprint density at radius 1 is 1.10 bits per heavy atom. The fraction of sp³-hybridized carbons (Fsp3) is 1.00. The second-order valence-corrected chi connectivity index (χ2v) is 8.61. The molecular weight excluding hydrogens is 260 g/mol. The van der Waals surface area contributed by atoms with Gasteiger partial charge < -0.3 is 10.4 Å². The van der Waals surface area contributed by atoms with Crippen LogP contribution in [0.25, 0.3) is 0 Å². The molecule has 2 rings (SSSR count). The van der Waals surface area contributed by atoms with Gasteiger partial charge in [0, 0.05) is 25.7 Å². The standard InChI is InChI=1S/C18H36N2O/c1-18(2,3)11-16-10-17(14-20(13-16)8-9-21)19-12-15-6-4-5-7-15/h15-17,19,21H,4-14H2,1-3H3. The Balaban J connectivity index is 1.83. The molecule has 1 aliphatic heterocycles. The first-order valence-corrected chi connectivity index (χ1v) is 9.03. The van der Waals surface area contributed by atoms with Crippen molar-refractivity contribution in [3.63, 3.8) is 0 Å². The van der Waals surface area contributed by atoms with Gasteiger partial charge in [-0.1, -0.05) is 33.6 Å². The van der Waals surface area contributed by atoms with E-state index < -0.39 is 0 Å². The van der Waals surface area contributed by atoms with E-state index in [9.17, 15) is 5.11 Å². The predicted octanol–water partition coefficient (Wildman–Crippen LogP) is 2.89. The van der Waals surface area contributed by atoms with Gasteiger partial charge in [0.2, 0.25) is 0 Å². The number of hydrogen-bond donors (Lipinski definition) is 2. The van der Waals surface area contributed by atoms with Gasteiger partial charge in [0.05, 0.1) is 6.61 Å². The second kappa shape index (κ2) is 7.94. The predicted molar refractivity (Wildman–Crippen MR) is 89.5 cm³/mol. The first-order valence-electron chi connectivity index (χ1n) is 9.03. The van der Waals surface area contributed by atoms with Crippen molar-refractivity contribution in [2.24, 2.45) is 17.3 Å². The molecule has 0 radical (unpaired) electrons. The van der Waals surface area contributed by atoms with Crippen molar-refractivity contribution in [3.05, 3.63) is 0 Å². The third kappa shape index (κ3) is 6.25. The summed E-state index contributed by atoms with van der Waals surface area (Å²) < 4.78 is 0. The highest BCUT2D eigenvalue weighted by Crippen LogP contribution is 2.30. The zero-order valence-corrected chi connectivity index (χ0v) is 14.4. The van der Waals surface area contributed by atoms with Gasteiger partial charge in [-0.3, -0.25) is 4.90 Å². The molecule has 3 nitrogen and oxygen atoms in total.